The Bertz CT molecular complexity index is 335. The van der Waals surface area contributed by atoms with Gasteiger partial charge < -0.3 is 21.1 Å². The van der Waals surface area contributed by atoms with Gasteiger partial charge in [-0.25, -0.2) is 4.98 Å². The zero-order valence-corrected chi connectivity index (χ0v) is 8.72. The van der Waals surface area contributed by atoms with E-state index in [1.807, 2.05) is 0 Å². The number of rotatable bonds is 4. The standard InChI is InChI=1S/C9H13ClN2O3/c10-6-3-8(11)12-4-5(6)9(15)7(14)1-2-13/h3-4,7,9,13-15H,1-2H2,(H2,11,12). The molecule has 0 aliphatic heterocycles. The van der Waals surface area contributed by atoms with E-state index in [9.17, 15) is 10.2 Å². The fourth-order valence-corrected chi connectivity index (χ4v) is 1.44. The van der Waals surface area contributed by atoms with Crippen LogP contribution in [-0.2, 0) is 0 Å². The van der Waals surface area contributed by atoms with Gasteiger partial charge in [0.2, 0.25) is 0 Å². The lowest BCUT2D eigenvalue weighted by molar-refractivity contribution is 0.00410. The Morgan fingerprint density at radius 2 is 2.13 bits per heavy atom. The lowest BCUT2D eigenvalue weighted by Gasteiger charge is -2.17. The first-order valence-electron chi connectivity index (χ1n) is 4.44. The molecular formula is C9H13ClN2O3. The molecule has 0 spiro atoms. The van der Waals surface area contributed by atoms with E-state index in [0.717, 1.165) is 0 Å². The smallest absolute Gasteiger partial charge is 0.124 e. The molecule has 84 valence electrons. The van der Waals surface area contributed by atoms with Crippen LogP contribution in [0.3, 0.4) is 0 Å². The fourth-order valence-electron chi connectivity index (χ4n) is 1.17. The number of nitrogens with zero attached hydrogens (tertiary/aromatic N) is 1. The van der Waals surface area contributed by atoms with Crippen LogP contribution in [0.25, 0.3) is 0 Å². The van der Waals surface area contributed by atoms with Gasteiger partial charge in [-0.05, 0) is 12.5 Å². The van der Waals surface area contributed by atoms with E-state index in [1.165, 1.54) is 12.3 Å². The maximum absolute atomic E-state index is 9.67. The van der Waals surface area contributed by atoms with E-state index in [0.29, 0.717) is 5.56 Å². The second kappa shape index (κ2) is 5.27. The van der Waals surface area contributed by atoms with Crippen LogP contribution in [0.15, 0.2) is 12.3 Å². The Labute approximate surface area is 92.1 Å². The summed E-state index contributed by atoms with van der Waals surface area (Å²) in [7, 11) is 0. The van der Waals surface area contributed by atoms with Crippen LogP contribution in [0, 0.1) is 0 Å². The number of aromatic nitrogens is 1. The van der Waals surface area contributed by atoms with Crippen LogP contribution in [0.4, 0.5) is 5.82 Å². The normalized spacial score (nSPS) is 14.9. The van der Waals surface area contributed by atoms with Crippen molar-refractivity contribution >= 4 is 17.4 Å². The molecule has 5 nitrogen and oxygen atoms in total. The monoisotopic (exact) mass is 232 g/mol. The Kier molecular flexibility index (Phi) is 4.28. The maximum Gasteiger partial charge on any atom is 0.124 e. The molecule has 1 rings (SSSR count). The molecule has 0 aromatic carbocycles. The molecule has 5 N–H and O–H groups in total. The summed E-state index contributed by atoms with van der Waals surface area (Å²) in [5, 5.41) is 28.0. The molecule has 15 heavy (non-hydrogen) atoms. The number of anilines is 1. The molecule has 0 radical (unpaired) electrons. The number of pyridine rings is 1. The Balaban J connectivity index is 2.86. The van der Waals surface area contributed by atoms with Crippen LogP contribution in [-0.4, -0.2) is 33.0 Å². The first-order chi connectivity index (χ1) is 7.06. The molecule has 0 aliphatic rings. The van der Waals surface area contributed by atoms with E-state index >= 15 is 0 Å². The van der Waals surface area contributed by atoms with E-state index in [4.69, 9.17) is 22.4 Å². The molecule has 0 fully saturated rings. The summed E-state index contributed by atoms with van der Waals surface area (Å²) in [5.41, 5.74) is 5.68. The number of aliphatic hydroxyl groups excluding tert-OH is 3. The van der Waals surface area contributed by atoms with Crippen LogP contribution in [0.1, 0.15) is 18.1 Å². The van der Waals surface area contributed by atoms with Gasteiger partial charge in [-0.3, -0.25) is 0 Å². The minimum Gasteiger partial charge on any atom is -0.396 e. The molecule has 0 saturated heterocycles. The van der Waals surface area contributed by atoms with Crippen molar-refractivity contribution in [1.29, 1.82) is 0 Å². The van der Waals surface area contributed by atoms with E-state index in [1.54, 1.807) is 0 Å². The zero-order valence-electron chi connectivity index (χ0n) is 7.97. The molecule has 0 amide bonds. The summed E-state index contributed by atoms with van der Waals surface area (Å²) in [6.45, 7) is -0.210. The highest BCUT2D eigenvalue weighted by atomic mass is 35.5. The molecule has 1 aromatic heterocycles. The average molecular weight is 233 g/mol. The highest BCUT2D eigenvalue weighted by Crippen LogP contribution is 2.26. The molecule has 0 aliphatic carbocycles. The van der Waals surface area contributed by atoms with Gasteiger partial charge in [0.05, 0.1) is 11.1 Å². The number of aliphatic hydroxyl groups is 3. The SMILES string of the molecule is Nc1cc(Cl)c(C(O)C(O)CCO)cn1. The highest BCUT2D eigenvalue weighted by Gasteiger charge is 2.20. The molecule has 0 bridgehead atoms. The third-order valence-corrected chi connectivity index (χ3v) is 2.34. The molecule has 0 saturated carbocycles. The lowest BCUT2D eigenvalue weighted by atomic mass is 10.0. The number of halogens is 1. The van der Waals surface area contributed by atoms with Crippen LogP contribution >= 0.6 is 11.6 Å². The van der Waals surface area contributed by atoms with Crippen molar-refractivity contribution in [2.75, 3.05) is 12.3 Å². The van der Waals surface area contributed by atoms with Crippen molar-refractivity contribution in [2.45, 2.75) is 18.6 Å². The van der Waals surface area contributed by atoms with Gasteiger partial charge in [-0.15, -0.1) is 0 Å². The van der Waals surface area contributed by atoms with E-state index < -0.39 is 12.2 Å². The minimum absolute atomic E-state index is 0.0713. The first kappa shape index (κ1) is 12.2. The molecular weight excluding hydrogens is 220 g/mol. The van der Waals surface area contributed by atoms with E-state index in [-0.39, 0.29) is 23.9 Å². The summed E-state index contributed by atoms with van der Waals surface area (Å²) < 4.78 is 0. The Hall–Kier alpha value is -0.880. The van der Waals surface area contributed by atoms with Crippen LogP contribution in [0.5, 0.6) is 0 Å². The fraction of sp³-hybridized carbons (Fsp3) is 0.444. The summed E-state index contributed by atoms with van der Waals surface area (Å²) in [5.74, 6) is 0.243. The van der Waals surface area contributed by atoms with Gasteiger partial charge in [0, 0.05) is 18.4 Å². The molecule has 2 unspecified atom stereocenters. The Morgan fingerprint density at radius 1 is 1.47 bits per heavy atom. The number of nitrogens with two attached hydrogens (primary N) is 1. The van der Waals surface area contributed by atoms with Gasteiger partial charge in [-0.2, -0.15) is 0 Å². The van der Waals surface area contributed by atoms with Crippen molar-refractivity contribution < 1.29 is 15.3 Å². The summed E-state index contributed by atoms with van der Waals surface area (Å²) in [4.78, 5) is 3.76. The predicted octanol–water partition coefficient (Wildman–Crippen LogP) is 0.0939. The summed E-state index contributed by atoms with van der Waals surface area (Å²) in [6, 6.07) is 1.39. The number of hydrogen-bond donors (Lipinski definition) is 4. The zero-order chi connectivity index (χ0) is 11.4. The molecule has 6 heteroatoms. The quantitative estimate of drug-likeness (QED) is 0.590. The van der Waals surface area contributed by atoms with Gasteiger partial charge in [-0.1, -0.05) is 11.6 Å². The van der Waals surface area contributed by atoms with Crippen LogP contribution in [0.2, 0.25) is 5.02 Å². The topological polar surface area (TPSA) is 99.6 Å². The van der Waals surface area contributed by atoms with Gasteiger partial charge in [0.15, 0.2) is 0 Å². The molecule has 1 heterocycles. The second-order valence-electron chi connectivity index (χ2n) is 3.16. The van der Waals surface area contributed by atoms with Crippen molar-refractivity contribution in [2.24, 2.45) is 0 Å². The summed E-state index contributed by atoms with van der Waals surface area (Å²) >= 11 is 5.82. The second-order valence-corrected chi connectivity index (χ2v) is 3.56. The predicted molar refractivity (Wildman–Crippen MR) is 56.3 cm³/mol. The number of hydrogen-bond acceptors (Lipinski definition) is 5. The largest absolute Gasteiger partial charge is 0.396 e. The third-order valence-electron chi connectivity index (χ3n) is 2.01. The van der Waals surface area contributed by atoms with Gasteiger partial charge in [0.1, 0.15) is 11.9 Å². The van der Waals surface area contributed by atoms with E-state index in [2.05, 4.69) is 4.98 Å². The number of nitrogen functional groups attached to an aromatic ring is 1. The van der Waals surface area contributed by atoms with Gasteiger partial charge in [0.25, 0.3) is 0 Å². The third kappa shape index (κ3) is 3.04. The van der Waals surface area contributed by atoms with Crippen molar-refractivity contribution in [3.63, 3.8) is 0 Å². The maximum atomic E-state index is 9.67. The van der Waals surface area contributed by atoms with Crippen molar-refractivity contribution in [3.8, 4) is 0 Å². The Morgan fingerprint density at radius 3 is 2.67 bits per heavy atom. The van der Waals surface area contributed by atoms with Crippen molar-refractivity contribution in [3.05, 3.63) is 22.8 Å². The summed E-state index contributed by atoms with van der Waals surface area (Å²) in [6.07, 6.45) is -0.860. The molecule has 1 aromatic rings. The average Bonchev–Trinajstić information content (AvgIpc) is 2.17. The minimum atomic E-state index is -1.17. The van der Waals surface area contributed by atoms with Crippen LogP contribution < -0.4 is 5.73 Å². The lowest BCUT2D eigenvalue weighted by Crippen LogP contribution is -2.20. The molecule has 2 atom stereocenters. The van der Waals surface area contributed by atoms with Gasteiger partial charge >= 0.3 is 0 Å². The first-order valence-corrected chi connectivity index (χ1v) is 4.82. The van der Waals surface area contributed by atoms with Crippen molar-refractivity contribution in [1.82, 2.24) is 4.98 Å². The highest BCUT2D eigenvalue weighted by molar-refractivity contribution is 6.31.